The van der Waals surface area contributed by atoms with Gasteiger partial charge in [-0.15, -0.1) is 0 Å². The van der Waals surface area contributed by atoms with Crippen molar-refractivity contribution in [2.45, 2.75) is 116 Å². The van der Waals surface area contributed by atoms with Crippen LogP contribution in [0.15, 0.2) is 0 Å². The van der Waals surface area contributed by atoms with Crippen LogP contribution in [0.1, 0.15) is 85.5 Å². The molecule has 0 aromatic rings. The van der Waals surface area contributed by atoms with Crippen molar-refractivity contribution < 1.29 is 50.0 Å². The second kappa shape index (κ2) is 12.8. The van der Waals surface area contributed by atoms with E-state index < -0.39 is 5.79 Å². The van der Waals surface area contributed by atoms with Crippen LogP contribution in [0.25, 0.3) is 0 Å². The zero-order valence-corrected chi connectivity index (χ0v) is 30.9. The smallest absolute Gasteiger partial charge is 0.302 e. The van der Waals surface area contributed by atoms with Gasteiger partial charge in [0.1, 0.15) is 12.2 Å². The van der Waals surface area contributed by atoms with E-state index in [9.17, 15) is 9.59 Å². The number of piperidine rings is 1. The zero-order valence-electron chi connectivity index (χ0n) is 29.3. The van der Waals surface area contributed by atoms with Gasteiger partial charge in [0.15, 0.2) is 5.79 Å². The summed E-state index contributed by atoms with van der Waals surface area (Å²) in [5.74, 6) is 1.77. The van der Waals surface area contributed by atoms with Gasteiger partial charge in [0, 0.05) is 70.4 Å². The summed E-state index contributed by atoms with van der Waals surface area (Å²) in [5.41, 5.74) is 0.238. The number of carbonyl (C=O) groups excluding carboxylic acids is 2. The van der Waals surface area contributed by atoms with Crippen LogP contribution >= 0.6 is 0 Å². The van der Waals surface area contributed by atoms with Crippen LogP contribution in [0.5, 0.6) is 0 Å². The number of quaternary nitrogens is 1. The molecule has 0 bridgehead atoms. The number of likely N-dealkylation sites (tertiary alicyclic amines) is 1. The number of likely N-dealkylation sites (N-methyl/N-ethyl adjacent to an activating group) is 1. The molecule has 0 radical (unpaired) electrons. The molecule has 3 saturated heterocycles. The fourth-order valence-corrected chi connectivity index (χ4v) is 12.0. The molecule has 1 spiro atoms. The lowest BCUT2D eigenvalue weighted by molar-refractivity contribution is -0.894. The summed E-state index contributed by atoms with van der Waals surface area (Å²) in [5, 5.41) is 0. The van der Waals surface area contributed by atoms with E-state index in [0.29, 0.717) is 42.9 Å². The molecular formula is C36H60BrN3O6. The molecule has 4 aliphatic carbocycles. The Hall–Kier alpha value is -0.780. The van der Waals surface area contributed by atoms with Gasteiger partial charge in [0.25, 0.3) is 0 Å². The molecule has 10 atom stereocenters. The van der Waals surface area contributed by atoms with Crippen molar-refractivity contribution in [1.82, 2.24) is 9.80 Å². The first-order valence-electron chi connectivity index (χ1n) is 18.2. The van der Waals surface area contributed by atoms with Crippen molar-refractivity contribution >= 4 is 11.9 Å². The number of nitrogens with zero attached hydrogens (tertiary/aromatic N) is 3. The highest BCUT2D eigenvalue weighted by Crippen LogP contribution is 2.67. The number of carbonyl (C=O) groups is 2. The Bertz CT molecular complexity index is 1130. The minimum Gasteiger partial charge on any atom is -1.00 e. The molecular weight excluding hydrogens is 650 g/mol. The summed E-state index contributed by atoms with van der Waals surface area (Å²) in [4.78, 5) is 30.2. The van der Waals surface area contributed by atoms with Crippen molar-refractivity contribution in [3.05, 3.63) is 0 Å². The van der Waals surface area contributed by atoms with Crippen LogP contribution in [0, 0.1) is 34.5 Å². The summed E-state index contributed by atoms with van der Waals surface area (Å²) in [6.45, 7) is 16.0. The Balaban J connectivity index is 0.00000372. The SMILES string of the molecule is CC(=O)O[C@H]1C[C@@H]2CC[C@@H]3[C@H](CC[C@@]4(C)[C@H]3C[C@H](N3CC[N+](C)(C)CC3)[C@@H]4OC(C)=O)[C@@]2(C)C[C@@H]1N1CCC2(CC1)OCCO2.[Br-]. The van der Waals surface area contributed by atoms with E-state index in [1.807, 2.05) is 0 Å². The van der Waals surface area contributed by atoms with Gasteiger partial charge in [-0.2, -0.15) is 0 Å². The molecule has 9 nitrogen and oxygen atoms in total. The van der Waals surface area contributed by atoms with Gasteiger partial charge >= 0.3 is 11.9 Å². The quantitative estimate of drug-likeness (QED) is 0.318. The molecule has 7 rings (SSSR count). The van der Waals surface area contributed by atoms with Gasteiger partial charge < -0.3 is 40.4 Å². The summed E-state index contributed by atoms with van der Waals surface area (Å²) >= 11 is 0. The second-order valence-corrected chi connectivity index (χ2v) is 17.3. The molecule has 7 aliphatic rings. The molecule has 3 heterocycles. The largest absolute Gasteiger partial charge is 1.00 e. The molecule has 46 heavy (non-hydrogen) atoms. The van der Waals surface area contributed by atoms with Crippen LogP contribution in [0.4, 0.5) is 0 Å². The third kappa shape index (κ3) is 6.12. The van der Waals surface area contributed by atoms with Gasteiger partial charge in [-0.3, -0.25) is 19.4 Å². The van der Waals surface area contributed by atoms with Crippen LogP contribution < -0.4 is 17.0 Å². The Labute approximate surface area is 287 Å². The first kappa shape index (κ1) is 35.1. The standard InChI is InChI=1S/C36H60N3O6.BrH/c1-24(40)44-32-21-26-7-8-27-28(35(26,4)23-31(32)37-13-11-36(12-14-37)42-19-20-43-36)9-10-34(3)29(27)22-30(33(34)45-25(2)41)38-15-17-39(5,6)18-16-38;/h26-33H,7-23H2,1-6H3;1H/q+1;/p-1/t26-,27+,28-,29-,30-,31-,32-,33-,34-,35-;/m0./s1. The molecule has 3 aliphatic heterocycles. The predicted molar refractivity (Wildman–Crippen MR) is 170 cm³/mol. The normalized spacial score (nSPS) is 45.2. The fourth-order valence-electron chi connectivity index (χ4n) is 12.0. The Morgan fingerprint density at radius 2 is 1.39 bits per heavy atom. The first-order chi connectivity index (χ1) is 21.3. The monoisotopic (exact) mass is 709 g/mol. The molecule has 0 N–H and O–H groups in total. The van der Waals surface area contributed by atoms with Crippen LogP contribution in [0.2, 0.25) is 0 Å². The predicted octanol–water partition coefficient (Wildman–Crippen LogP) is 1.08. The van der Waals surface area contributed by atoms with Gasteiger partial charge in [-0.1, -0.05) is 13.8 Å². The van der Waals surface area contributed by atoms with E-state index >= 15 is 0 Å². The molecule has 0 aromatic carbocycles. The topological polar surface area (TPSA) is 77.5 Å². The molecule has 0 unspecified atom stereocenters. The Morgan fingerprint density at radius 3 is 2.02 bits per heavy atom. The molecule has 0 aromatic heterocycles. The number of hydrogen-bond acceptors (Lipinski definition) is 8. The van der Waals surface area contributed by atoms with Crippen molar-refractivity contribution in [2.75, 3.05) is 66.6 Å². The van der Waals surface area contributed by atoms with E-state index in [1.165, 1.54) is 19.3 Å². The maximum Gasteiger partial charge on any atom is 0.302 e. The van der Waals surface area contributed by atoms with E-state index in [0.717, 1.165) is 82.3 Å². The lowest BCUT2D eigenvalue weighted by atomic mass is 9.44. The number of hydrogen-bond donors (Lipinski definition) is 0. The summed E-state index contributed by atoms with van der Waals surface area (Å²) in [6.07, 6.45) is 9.69. The number of fused-ring (bicyclic) bond motifs is 5. The van der Waals surface area contributed by atoms with Crippen molar-refractivity contribution in [1.29, 1.82) is 0 Å². The zero-order chi connectivity index (χ0) is 31.8. The molecule has 262 valence electrons. The first-order valence-corrected chi connectivity index (χ1v) is 18.2. The lowest BCUT2D eigenvalue weighted by Gasteiger charge is -2.62. The van der Waals surface area contributed by atoms with E-state index in [1.54, 1.807) is 13.8 Å². The second-order valence-electron chi connectivity index (χ2n) is 17.3. The molecule has 10 heteroatoms. The lowest BCUT2D eigenvalue weighted by Crippen LogP contribution is -3.00. The van der Waals surface area contributed by atoms with E-state index in [-0.39, 0.29) is 58.0 Å². The Morgan fingerprint density at radius 1 is 0.761 bits per heavy atom. The van der Waals surface area contributed by atoms with Crippen LogP contribution in [-0.2, 0) is 28.5 Å². The van der Waals surface area contributed by atoms with Gasteiger partial charge in [-0.25, -0.2) is 0 Å². The number of esters is 2. The summed E-state index contributed by atoms with van der Waals surface area (Å²) < 4.78 is 25.7. The van der Waals surface area contributed by atoms with Gasteiger partial charge in [0.2, 0.25) is 0 Å². The number of rotatable bonds is 4. The van der Waals surface area contributed by atoms with E-state index in [4.69, 9.17) is 18.9 Å². The van der Waals surface area contributed by atoms with Gasteiger partial charge in [0.05, 0.1) is 40.4 Å². The average molecular weight is 711 g/mol. The van der Waals surface area contributed by atoms with Crippen molar-refractivity contribution in [2.24, 2.45) is 34.5 Å². The highest BCUT2D eigenvalue weighted by atomic mass is 79.9. The van der Waals surface area contributed by atoms with Crippen molar-refractivity contribution in [3.63, 3.8) is 0 Å². The third-order valence-electron chi connectivity index (χ3n) is 14.5. The summed E-state index contributed by atoms with van der Waals surface area (Å²) in [7, 11) is 4.67. The maximum absolute atomic E-state index is 12.5. The minimum atomic E-state index is -0.404. The average Bonchev–Trinajstić information content (AvgIpc) is 3.55. The minimum absolute atomic E-state index is 0. The van der Waals surface area contributed by atoms with Crippen LogP contribution in [0.3, 0.4) is 0 Å². The number of halogens is 1. The third-order valence-corrected chi connectivity index (χ3v) is 14.5. The van der Waals surface area contributed by atoms with Crippen molar-refractivity contribution in [3.8, 4) is 0 Å². The van der Waals surface area contributed by atoms with Crippen LogP contribution in [-0.4, -0.2) is 123 Å². The molecule has 0 amide bonds. The fraction of sp³-hybridized carbons (Fsp3) is 0.944. The van der Waals surface area contributed by atoms with Gasteiger partial charge in [-0.05, 0) is 74.0 Å². The Kier molecular flexibility index (Phi) is 9.78. The number of ether oxygens (including phenoxy) is 4. The summed E-state index contributed by atoms with van der Waals surface area (Å²) in [6, 6.07) is 0.558. The maximum atomic E-state index is 12.5. The molecule has 7 fully saturated rings. The number of piperazine rings is 1. The highest BCUT2D eigenvalue weighted by molar-refractivity contribution is 5.66. The molecule has 4 saturated carbocycles. The van der Waals surface area contributed by atoms with E-state index in [2.05, 4.69) is 37.7 Å². The highest BCUT2D eigenvalue weighted by Gasteiger charge is 2.65.